The van der Waals surface area contributed by atoms with Crippen molar-refractivity contribution in [3.05, 3.63) is 41.4 Å². The van der Waals surface area contributed by atoms with Crippen molar-refractivity contribution in [1.82, 2.24) is 35.2 Å². The van der Waals surface area contributed by atoms with Crippen molar-refractivity contribution in [3.8, 4) is 0 Å². The summed E-state index contributed by atoms with van der Waals surface area (Å²) in [5.41, 5.74) is 0.219. The fourth-order valence-electron chi connectivity index (χ4n) is 4.26. The van der Waals surface area contributed by atoms with Crippen LogP contribution in [0.15, 0.2) is 30.2 Å². The molecule has 3 fully saturated rings. The number of piperazine rings is 1. The summed E-state index contributed by atoms with van der Waals surface area (Å²) in [5, 5.41) is 12.3. The van der Waals surface area contributed by atoms with Gasteiger partial charge in [0, 0.05) is 44.0 Å². The monoisotopic (exact) mass is 514 g/mol. The lowest BCUT2D eigenvalue weighted by atomic mass is 10.2. The quantitative estimate of drug-likeness (QED) is 0.343. The molecular weight excluding hydrogens is 493 g/mol. The highest BCUT2D eigenvalue weighted by molar-refractivity contribution is 6.14. The molecule has 0 radical (unpaired) electrons. The van der Waals surface area contributed by atoms with Crippen LogP contribution in [0.25, 0.3) is 11.7 Å². The predicted octanol–water partition coefficient (Wildman–Crippen LogP) is 1.62. The van der Waals surface area contributed by atoms with Gasteiger partial charge in [0.1, 0.15) is 11.5 Å². The Morgan fingerprint density at radius 1 is 1.05 bits per heavy atom. The van der Waals surface area contributed by atoms with Gasteiger partial charge in [-0.15, -0.1) is 0 Å². The van der Waals surface area contributed by atoms with Gasteiger partial charge < -0.3 is 20.4 Å². The van der Waals surface area contributed by atoms with E-state index in [1.807, 2.05) is 4.90 Å². The maximum Gasteiger partial charge on any atom is 0.419 e. The van der Waals surface area contributed by atoms with Crippen LogP contribution < -0.4 is 25.8 Å². The molecule has 12 nitrogen and oxygen atoms in total. The molecule has 3 aromatic rings. The zero-order valence-corrected chi connectivity index (χ0v) is 19.3. The van der Waals surface area contributed by atoms with Crippen molar-refractivity contribution in [1.29, 1.82) is 0 Å². The fourth-order valence-corrected chi connectivity index (χ4v) is 4.26. The van der Waals surface area contributed by atoms with E-state index in [-0.39, 0.29) is 17.6 Å². The minimum absolute atomic E-state index is 0.0706. The number of carbonyl (C=O) groups is 2. The molecule has 3 amide bonds. The van der Waals surface area contributed by atoms with Gasteiger partial charge in [0.15, 0.2) is 5.65 Å². The highest BCUT2D eigenvalue weighted by Gasteiger charge is 2.36. The highest BCUT2D eigenvalue weighted by Crippen LogP contribution is 2.35. The van der Waals surface area contributed by atoms with Crippen LogP contribution in [0.1, 0.15) is 24.0 Å². The SMILES string of the molecule is O=C1NC(=O)/C(=C/c2cnn3c(NC4CC4)nc(N4CCN(c5ncccc5C(F)(F)F)CC4)nc23)N1. The van der Waals surface area contributed by atoms with E-state index in [0.717, 1.165) is 18.9 Å². The Morgan fingerprint density at radius 2 is 1.81 bits per heavy atom. The molecule has 0 aromatic carbocycles. The van der Waals surface area contributed by atoms with Gasteiger partial charge >= 0.3 is 12.2 Å². The van der Waals surface area contributed by atoms with Crippen LogP contribution in [0.4, 0.5) is 35.7 Å². The summed E-state index contributed by atoms with van der Waals surface area (Å²) in [5.74, 6) is 0.202. The van der Waals surface area contributed by atoms with Crippen molar-refractivity contribution < 1.29 is 22.8 Å². The van der Waals surface area contributed by atoms with Gasteiger partial charge in [0.25, 0.3) is 5.91 Å². The summed E-state index contributed by atoms with van der Waals surface area (Å²) >= 11 is 0. The molecule has 0 bridgehead atoms. The van der Waals surface area contributed by atoms with Gasteiger partial charge in [-0.1, -0.05) is 0 Å². The van der Waals surface area contributed by atoms with Crippen LogP contribution >= 0.6 is 0 Å². The molecule has 0 spiro atoms. The summed E-state index contributed by atoms with van der Waals surface area (Å²) in [4.78, 5) is 40.3. The largest absolute Gasteiger partial charge is 0.419 e. The summed E-state index contributed by atoms with van der Waals surface area (Å²) in [6.45, 7) is 1.33. The standard InChI is InChI=1S/C22H21F3N10O2/c23-22(24,25)14-2-1-5-26-17(14)33-6-8-34(9-7-33)19-30-16-12(10-15-18(36)31-21(37)29-15)11-27-35(16)20(32-19)28-13-3-4-13/h1-2,5,10-11,13H,3-4,6-9H2,(H,28,30,32)(H2,29,31,36,37)/b15-10-. The van der Waals surface area contributed by atoms with E-state index in [4.69, 9.17) is 0 Å². The molecule has 192 valence electrons. The Morgan fingerprint density at radius 3 is 2.49 bits per heavy atom. The molecule has 3 aromatic heterocycles. The Bertz CT molecular complexity index is 1420. The van der Waals surface area contributed by atoms with Gasteiger partial charge in [-0.2, -0.15) is 32.8 Å². The number of fused-ring (bicyclic) bond motifs is 1. The maximum atomic E-state index is 13.5. The molecule has 5 heterocycles. The summed E-state index contributed by atoms with van der Waals surface area (Å²) in [7, 11) is 0. The summed E-state index contributed by atoms with van der Waals surface area (Å²) in [6, 6.07) is 1.96. The van der Waals surface area contributed by atoms with Crippen molar-refractivity contribution in [2.45, 2.75) is 25.1 Å². The van der Waals surface area contributed by atoms with E-state index in [1.54, 1.807) is 4.90 Å². The number of amides is 3. The second kappa shape index (κ2) is 8.60. The third kappa shape index (κ3) is 4.47. The first-order valence-electron chi connectivity index (χ1n) is 11.6. The average molecular weight is 514 g/mol. The number of urea groups is 1. The second-order valence-electron chi connectivity index (χ2n) is 8.91. The number of hydrogen-bond donors (Lipinski definition) is 3. The Labute approximate surface area is 207 Å². The number of alkyl halides is 3. The first-order valence-corrected chi connectivity index (χ1v) is 11.6. The predicted molar refractivity (Wildman–Crippen MR) is 126 cm³/mol. The lowest BCUT2D eigenvalue weighted by molar-refractivity contribution is -0.137. The molecule has 0 atom stereocenters. The topological polar surface area (TPSA) is 133 Å². The van der Waals surface area contributed by atoms with Crippen LogP contribution in [-0.4, -0.2) is 68.7 Å². The number of hydrogen-bond acceptors (Lipinski definition) is 9. The normalized spacial score (nSPS) is 19.5. The third-order valence-electron chi connectivity index (χ3n) is 6.27. The second-order valence-corrected chi connectivity index (χ2v) is 8.91. The number of halogens is 3. The highest BCUT2D eigenvalue weighted by atomic mass is 19.4. The number of nitrogens with one attached hydrogen (secondary N) is 3. The lowest BCUT2D eigenvalue weighted by Crippen LogP contribution is -2.48. The first-order chi connectivity index (χ1) is 17.8. The third-order valence-corrected chi connectivity index (χ3v) is 6.27. The molecule has 3 N–H and O–H groups in total. The fraction of sp³-hybridized carbons (Fsp3) is 0.364. The van der Waals surface area contributed by atoms with Crippen molar-refractivity contribution in [2.24, 2.45) is 0 Å². The molecule has 3 aliphatic rings. The van der Waals surface area contributed by atoms with Gasteiger partial charge in [0.2, 0.25) is 11.9 Å². The minimum atomic E-state index is -4.50. The molecule has 1 aliphatic carbocycles. The number of nitrogens with zero attached hydrogens (tertiary/aromatic N) is 7. The molecule has 0 unspecified atom stereocenters. The van der Waals surface area contributed by atoms with E-state index in [1.165, 1.54) is 29.1 Å². The molecule has 37 heavy (non-hydrogen) atoms. The number of carbonyl (C=O) groups excluding carboxylic acids is 2. The number of imide groups is 1. The van der Waals surface area contributed by atoms with Crippen molar-refractivity contribution in [3.63, 3.8) is 0 Å². The Balaban J connectivity index is 1.30. The smallest absolute Gasteiger partial charge is 0.353 e. The van der Waals surface area contributed by atoms with Crippen LogP contribution in [0, 0.1) is 0 Å². The minimum Gasteiger partial charge on any atom is -0.353 e. The molecule has 1 saturated carbocycles. The number of aromatic nitrogens is 5. The van der Waals surface area contributed by atoms with E-state index in [0.29, 0.717) is 49.3 Å². The summed E-state index contributed by atoms with van der Waals surface area (Å²) in [6.07, 6.45) is 1.85. The lowest BCUT2D eigenvalue weighted by Gasteiger charge is -2.36. The zero-order valence-electron chi connectivity index (χ0n) is 19.3. The molecule has 2 saturated heterocycles. The van der Waals surface area contributed by atoms with Crippen LogP contribution in [-0.2, 0) is 11.0 Å². The number of rotatable bonds is 5. The van der Waals surface area contributed by atoms with Gasteiger partial charge in [-0.25, -0.2) is 9.78 Å². The van der Waals surface area contributed by atoms with E-state index in [2.05, 4.69) is 36.0 Å². The molecule has 6 rings (SSSR count). The van der Waals surface area contributed by atoms with Crippen molar-refractivity contribution in [2.75, 3.05) is 41.3 Å². The van der Waals surface area contributed by atoms with Gasteiger partial charge in [-0.3, -0.25) is 10.1 Å². The Kier molecular flexibility index (Phi) is 5.35. The van der Waals surface area contributed by atoms with Gasteiger partial charge in [-0.05, 0) is 31.1 Å². The molecule has 15 heteroatoms. The number of pyridine rings is 1. The molecule has 2 aliphatic heterocycles. The Hall–Kier alpha value is -4.43. The van der Waals surface area contributed by atoms with Crippen LogP contribution in [0.2, 0.25) is 0 Å². The summed E-state index contributed by atoms with van der Waals surface area (Å²) < 4.78 is 42.0. The van der Waals surface area contributed by atoms with Crippen LogP contribution in [0.5, 0.6) is 0 Å². The van der Waals surface area contributed by atoms with Crippen molar-refractivity contribution >= 4 is 41.4 Å². The molecular formula is C22H21F3N10O2. The van der Waals surface area contributed by atoms with E-state index >= 15 is 0 Å². The first kappa shape index (κ1) is 23.0. The van der Waals surface area contributed by atoms with E-state index in [9.17, 15) is 22.8 Å². The van der Waals surface area contributed by atoms with E-state index < -0.39 is 23.7 Å². The number of anilines is 3. The van der Waals surface area contributed by atoms with Crippen LogP contribution in [0.3, 0.4) is 0 Å². The average Bonchev–Trinajstić information content (AvgIpc) is 3.51. The maximum absolute atomic E-state index is 13.5. The zero-order chi connectivity index (χ0) is 25.7. The van der Waals surface area contributed by atoms with Gasteiger partial charge in [0.05, 0.1) is 11.8 Å².